The molecule has 122 valence electrons. The third-order valence-electron chi connectivity index (χ3n) is 3.50. The van der Waals surface area contributed by atoms with Gasteiger partial charge in [-0.2, -0.15) is 0 Å². The molecular weight excluding hydrogens is 288 g/mol. The molecule has 1 atom stereocenters. The van der Waals surface area contributed by atoms with Gasteiger partial charge in [0.2, 0.25) is 5.91 Å². The predicted molar refractivity (Wildman–Crippen MR) is 95.1 cm³/mol. The number of nitrogens with one attached hydrogen (secondary N) is 2. The Balaban J connectivity index is 1.88. The summed E-state index contributed by atoms with van der Waals surface area (Å²) in [6.45, 7) is 6.35. The standard InChI is InChI=1S/C19H24N2O2/c1-4-15(3)23-18-10-6-9-17(12-18)21-19(22)13-20-16-8-5-7-14(2)11-16/h5-12,15,20H,4,13H2,1-3H3,(H,21,22). The number of anilines is 2. The Bertz CT molecular complexity index is 655. The van der Waals surface area contributed by atoms with E-state index < -0.39 is 0 Å². The number of carbonyl (C=O) groups excluding carboxylic acids is 1. The molecule has 0 fully saturated rings. The topological polar surface area (TPSA) is 50.4 Å². The lowest BCUT2D eigenvalue weighted by molar-refractivity contribution is -0.114. The maximum absolute atomic E-state index is 12.0. The van der Waals surface area contributed by atoms with Gasteiger partial charge in [0.05, 0.1) is 12.6 Å². The van der Waals surface area contributed by atoms with Crippen molar-refractivity contribution < 1.29 is 9.53 Å². The van der Waals surface area contributed by atoms with Crippen LogP contribution < -0.4 is 15.4 Å². The highest BCUT2D eigenvalue weighted by Crippen LogP contribution is 2.19. The van der Waals surface area contributed by atoms with Gasteiger partial charge in [0.1, 0.15) is 5.75 Å². The number of hydrogen-bond acceptors (Lipinski definition) is 3. The van der Waals surface area contributed by atoms with Crippen molar-refractivity contribution in [3.63, 3.8) is 0 Å². The van der Waals surface area contributed by atoms with Crippen LogP contribution in [0.1, 0.15) is 25.8 Å². The molecule has 1 amide bonds. The smallest absolute Gasteiger partial charge is 0.243 e. The zero-order valence-electron chi connectivity index (χ0n) is 13.9. The zero-order valence-corrected chi connectivity index (χ0v) is 13.9. The quantitative estimate of drug-likeness (QED) is 0.804. The minimum absolute atomic E-state index is 0.0906. The Kier molecular flexibility index (Phi) is 6.03. The average Bonchev–Trinajstić information content (AvgIpc) is 2.53. The highest BCUT2D eigenvalue weighted by molar-refractivity contribution is 5.93. The molecule has 2 rings (SSSR count). The van der Waals surface area contributed by atoms with Gasteiger partial charge in [0.25, 0.3) is 0 Å². The van der Waals surface area contributed by atoms with Crippen molar-refractivity contribution in [3.05, 3.63) is 54.1 Å². The number of carbonyl (C=O) groups is 1. The molecule has 2 N–H and O–H groups in total. The molecule has 0 radical (unpaired) electrons. The summed E-state index contributed by atoms with van der Waals surface area (Å²) in [4.78, 5) is 12.0. The summed E-state index contributed by atoms with van der Waals surface area (Å²) in [5.74, 6) is 0.677. The van der Waals surface area contributed by atoms with E-state index in [0.717, 1.165) is 29.1 Å². The highest BCUT2D eigenvalue weighted by Gasteiger charge is 2.05. The van der Waals surface area contributed by atoms with Gasteiger partial charge in [0, 0.05) is 17.4 Å². The fourth-order valence-electron chi connectivity index (χ4n) is 2.11. The summed E-state index contributed by atoms with van der Waals surface area (Å²) in [5.41, 5.74) is 2.83. The zero-order chi connectivity index (χ0) is 16.7. The van der Waals surface area contributed by atoms with Crippen molar-refractivity contribution in [2.75, 3.05) is 17.2 Å². The monoisotopic (exact) mass is 312 g/mol. The van der Waals surface area contributed by atoms with Crippen molar-refractivity contribution in [2.45, 2.75) is 33.3 Å². The second-order valence-corrected chi connectivity index (χ2v) is 5.64. The Morgan fingerprint density at radius 3 is 2.61 bits per heavy atom. The van der Waals surface area contributed by atoms with Gasteiger partial charge in [-0.05, 0) is 50.1 Å². The molecular formula is C19H24N2O2. The molecule has 4 nitrogen and oxygen atoms in total. The first kappa shape index (κ1) is 16.9. The van der Waals surface area contributed by atoms with Gasteiger partial charge >= 0.3 is 0 Å². The SMILES string of the molecule is CCC(C)Oc1cccc(NC(=O)CNc2cccc(C)c2)c1. The first-order valence-corrected chi connectivity index (χ1v) is 7.94. The van der Waals surface area contributed by atoms with E-state index in [1.807, 2.05) is 62.4 Å². The molecule has 0 aromatic heterocycles. The first-order chi connectivity index (χ1) is 11.1. The summed E-state index contributed by atoms with van der Waals surface area (Å²) in [6, 6.07) is 15.4. The first-order valence-electron chi connectivity index (χ1n) is 7.94. The van der Waals surface area contributed by atoms with Crippen molar-refractivity contribution in [1.82, 2.24) is 0 Å². The number of ether oxygens (including phenoxy) is 1. The van der Waals surface area contributed by atoms with Gasteiger partial charge in [-0.3, -0.25) is 4.79 Å². The van der Waals surface area contributed by atoms with Gasteiger partial charge in [0.15, 0.2) is 0 Å². The van der Waals surface area contributed by atoms with Crippen LogP contribution in [0.2, 0.25) is 0 Å². The molecule has 0 aliphatic rings. The molecule has 0 saturated heterocycles. The van der Waals surface area contributed by atoms with Gasteiger partial charge in [-0.15, -0.1) is 0 Å². The molecule has 0 spiro atoms. The third-order valence-corrected chi connectivity index (χ3v) is 3.50. The summed E-state index contributed by atoms with van der Waals surface area (Å²) in [7, 11) is 0. The maximum Gasteiger partial charge on any atom is 0.243 e. The van der Waals surface area contributed by atoms with Gasteiger partial charge in [-0.1, -0.05) is 25.1 Å². The lowest BCUT2D eigenvalue weighted by atomic mass is 10.2. The molecule has 0 heterocycles. The summed E-state index contributed by atoms with van der Waals surface area (Å²) >= 11 is 0. The van der Waals surface area contributed by atoms with E-state index >= 15 is 0 Å². The molecule has 0 aliphatic carbocycles. The van der Waals surface area contributed by atoms with Crippen molar-refractivity contribution in [2.24, 2.45) is 0 Å². The van der Waals surface area contributed by atoms with E-state index in [-0.39, 0.29) is 18.6 Å². The number of hydrogen-bond donors (Lipinski definition) is 2. The van der Waals surface area contributed by atoms with Crippen LogP contribution in [0.4, 0.5) is 11.4 Å². The Hall–Kier alpha value is -2.49. The highest BCUT2D eigenvalue weighted by atomic mass is 16.5. The van der Waals surface area contributed by atoms with Crippen LogP contribution in [0, 0.1) is 6.92 Å². The minimum Gasteiger partial charge on any atom is -0.491 e. The Morgan fingerprint density at radius 2 is 1.87 bits per heavy atom. The van der Waals surface area contributed by atoms with E-state index in [2.05, 4.69) is 17.6 Å². The summed E-state index contributed by atoms with van der Waals surface area (Å²) < 4.78 is 5.76. The van der Waals surface area contributed by atoms with E-state index in [1.54, 1.807) is 0 Å². The maximum atomic E-state index is 12.0. The van der Waals surface area contributed by atoms with Crippen LogP contribution in [0.5, 0.6) is 5.75 Å². The van der Waals surface area contributed by atoms with Crippen molar-refractivity contribution in [1.29, 1.82) is 0 Å². The molecule has 0 bridgehead atoms. The number of aryl methyl sites for hydroxylation is 1. The second kappa shape index (κ2) is 8.22. The molecule has 1 unspecified atom stereocenters. The van der Waals surface area contributed by atoms with Crippen LogP contribution in [0.15, 0.2) is 48.5 Å². The fraction of sp³-hybridized carbons (Fsp3) is 0.316. The minimum atomic E-state index is -0.0906. The molecule has 0 saturated carbocycles. The van der Waals surface area contributed by atoms with E-state index in [4.69, 9.17) is 4.74 Å². The second-order valence-electron chi connectivity index (χ2n) is 5.64. The van der Waals surface area contributed by atoms with Crippen LogP contribution in [0.3, 0.4) is 0 Å². The number of benzene rings is 2. The normalized spacial score (nSPS) is 11.6. The van der Waals surface area contributed by atoms with Crippen LogP contribution in [-0.2, 0) is 4.79 Å². The van der Waals surface area contributed by atoms with Gasteiger partial charge < -0.3 is 15.4 Å². The lowest BCUT2D eigenvalue weighted by Gasteiger charge is -2.14. The average molecular weight is 312 g/mol. The Labute approximate surface area is 137 Å². The Morgan fingerprint density at radius 1 is 1.13 bits per heavy atom. The molecule has 0 aliphatic heterocycles. The fourth-order valence-corrected chi connectivity index (χ4v) is 2.11. The van der Waals surface area contributed by atoms with Crippen LogP contribution >= 0.6 is 0 Å². The molecule has 4 heteroatoms. The van der Waals surface area contributed by atoms with E-state index in [1.165, 1.54) is 0 Å². The molecule has 23 heavy (non-hydrogen) atoms. The van der Waals surface area contributed by atoms with Gasteiger partial charge in [-0.25, -0.2) is 0 Å². The lowest BCUT2D eigenvalue weighted by Crippen LogP contribution is -2.21. The predicted octanol–water partition coefficient (Wildman–Crippen LogP) is 4.22. The number of amides is 1. The molecule has 2 aromatic carbocycles. The number of rotatable bonds is 7. The van der Waals surface area contributed by atoms with Crippen molar-refractivity contribution in [3.8, 4) is 5.75 Å². The largest absolute Gasteiger partial charge is 0.491 e. The van der Waals surface area contributed by atoms with E-state index in [0.29, 0.717) is 0 Å². The summed E-state index contributed by atoms with van der Waals surface area (Å²) in [6.07, 6.45) is 1.10. The van der Waals surface area contributed by atoms with E-state index in [9.17, 15) is 4.79 Å². The van der Waals surface area contributed by atoms with Crippen molar-refractivity contribution >= 4 is 17.3 Å². The third kappa shape index (κ3) is 5.66. The van der Waals surface area contributed by atoms with Crippen LogP contribution in [-0.4, -0.2) is 18.6 Å². The van der Waals surface area contributed by atoms with Crippen LogP contribution in [0.25, 0.3) is 0 Å². The summed E-state index contributed by atoms with van der Waals surface area (Å²) in [5, 5.41) is 6.00. The molecule has 2 aromatic rings.